The lowest BCUT2D eigenvalue weighted by atomic mass is 10.0. The van der Waals surface area contributed by atoms with Gasteiger partial charge in [0.15, 0.2) is 0 Å². The van der Waals surface area contributed by atoms with Crippen molar-refractivity contribution in [1.29, 1.82) is 5.26 Å². The smallest absolute Gasteiger partial charge is 0.210 e. The summed E-state index contributed by atoms with van der Waals surface area (Å²) in [6, 6.07) is 63.6. The van der Waals surface area contributed by atoms with Gasteiger partial charge in [-0.1, -0.05) is 103 Å². The van der Waals surface area contributed by atoms with Crippen LogP contribution in [-0.4, -0.2) is 13.7 Å². The van der Waals surface area contributed by atoms with Crippen LogP contribution in [0.5, 0.6) is 0 Å². The summed E-state index contributed by atoms with van der Waals surface area (Å²) in [6.07, 6.45) is 0. The highest BCUT2D eigenvalue weighted by atomic mass is 15.0. The van der Waals surface area contributed by atoms with Gasteiger partial charge in [0, 0.05) is 38.0 Å². The van der Waals surface area contributed by atoms with Crippen molar-refractivity contribution in [3.63, 3.8) is 0 Å². The summed E-state index contributed by atoms with van der Waals surface area (Å²) < 4.78 is 6.92. The van der Waals surface area contributed by atoms with Gasteiger partial charge >= 0.3 is 0 Å². The summed E-state index contributed by atoms with van der Waals surface area (Å²) in [4.78, 5) is 3.96. The number of benzene rings is 8. The Morgan fingerprint density at radius 1 is 0.418 bits per heavy atom. The molecule has 0 atom stereocenters. The molecule has 254 valence electrons. The molecule has 0 saturated carbocycles. The second kappa shape index (κ2) is 11.8. The van der Waals surface area contributed by atoms with Crippen LogP contribution in [0.2, 0.25) is 0 Å². The molecule has 55 heavy (non-hydrogen) atoms. The Balaban J connectivity index is 1.08. The maximum Gasteiger partial charge on any atom is 0.210 e. The van der Waals surface area contributed by atoms with E-state index in [0.29, 0.717) is 11.3 Å². The fraction of sp³-hybridized carbons (Fsp3) is 0. The average molecular weight is 700 g/mol. The summed E-state index contributed by atoms with van der Waals surface area (Å²) in [5.41, 5.74) is 13.0. The first-order chi connectivity index (χ1) is 27.2. The molecule has 0 spiro atoms. The van der Waals surface area contributed by atoms with Crippen LogP contribution in [0.4, 0.5) is 5.69 Å². The standard InChI is InChI=1S/C50H29N5/c1-52-41-27-24-34(30-49(41)55-42-15-6-2-11-36(42)37-12-3-7-16-43(37)55)33-22-25-35(26-23-33)53-45-18-9-5-14-39(45)50-47(53)19-10-20-48(50)54-44-17-8-4-13-38(44)40-29-32(31-51)21-28-46(40)54/h2-30H. The topological polar surface area (TPSA) is 42.9 Å². The summed E-state index contributed by atoms with van der Waals surface area (Å²) in [5, 5.41) is 16.6. The van der Waals surface area contributed by atoms with Gasteiger partial charge in [-0.25, -0.2) is 4.85 Å². The molecule has 8 aromatic carbocycles. The summed E-state index contributed by atoms with van der Waals surface area (Å²) in [5.74, 6) is 0. The Hall–Kier alpha value is -7.86. The van der Waals surface area contributed by atoms with Crippen LogP contribution in [-0.2, 0) is 0 Å². The molecule has 0 aliphatic rings. The van der Waals surface area contributed by atoms with Crippen molar-refractivity contribution >= 4 is 71.1 Å². The molecule has 5 nitrogen and oxygen atoms in total. The molecule has 11 rings (SSSR count). The van der Waals surface area contributed by atoms with E-state index < -0.39 is 0 Å². The van der Waals surface area contributed by atoms with Gasteiger partial charge in [0.05, 0.1) is 62.7 Å². The predicted molar refractivity (Wildman–Crippen MR) is 226 cm³/mol. The van der Waals surface area contributed by atoms with Gasteiger partial charge < -0.3 is 13.7 Å². The lowest BCUT2D eigenvalue weighted by molar-refractivity contribution is 1.17. The van der Waals surface area contributed by atoms with Crippen molar-refractivity contribution in [3.8, 4) is 34.3 Å². The molecule has 3 heterocycles. The van der Waals surface area contributed by atoms with E-state index in [0.717, 1.165) is 72.1 Å². The number of hydrogen-bond acceptors (Lipinski definition) is 1. The Morgan fingerprint density at radius 2 is 0.945 bits per heavy atom. The molecule has 0 radical (unpaired) electrons. The van der Waals surface area contributed by atoms with Crippen molar-refractivity contribution < 1.29 is 0 Å². The number of nitriles is 1. The average Bonchev–Trinajstić information content (AvgIpc) is 3.89. The Bertz CT molecular complexity index is 3400. The second-order valence-electron chi connectivity index (χ2n) is 14.0. The Labute approximate surface area is 316 Å². The van der Waals surface area contributed by atoms with Gasteiger partial charge in [0.2, 0.25) is 5.69 Å². The Morgan fingerprint density at radius 3 is 1.58 bits per heavy atom. The first-order valence-electron chi connectivity index (χ1n) is 18.3. The van der Waals surface area contributed by atoms with E-state index in [1.807, 2.05) is 18.2 Å². The zero-order valence-electron chi connectivity index (χ0n) is 29.5. The predicted octanol–water partition coefficient (Wildman–Crippen LogP) is 13.1. The van der Waals surface area contributed by atoms with Crippen LogP contribution in [0.25, 0.3) is 98.5 Å². The molecule has 0 aliphatic carbocycles. The van der Waals surface area contributed by atoms with Crippen molar-refractivity contribution in [2.24, 2.45) is 0 Å². The third kappa shape index (κ3) is 4.45. The molecular formula is C50H29N5. The van der Waals surface area contributed by atoms with Crippen molar-refractivity contribution in [1.82, 2.24) is 13.7 Å². The zero-order chi connectivity index (χ0) is 36.6. The molecule has 5 heteroatoms. The second-order valence-corrected chi connectivity index (χ2v) is 14.0. The molecule has 0 unspecified atom stereocenters. The SMILES string of the molecule is [C-]#[N+]c1ccc(-c2ccc(-n3c4ccccc4c4c(-n5c6ccccc6c6cc(C#N)ccc65)cccc43)cc2)cc1-n1c2ccccc2c2ccccc21. The lowest BCUT2D eigenvalue weighted by Crippen LogP contribution is -1.97. The Kier molecular flexibility index (Phi) is 6.61. The van der Waals surface area contributed by atoms with E-state index in [2.05, 4.69) is 182 Å². The fourth-order valence-corrected chi connectivity index (χ4v) is 8.73. The van der Waals surface area contributed by atoms with E-state index in [1.54, 1.807) is 0 Å². The van der Waals surface area contributed by atoms with Crippen LogP contribution in [0.15, 0.2) is 176 Å². The number of para-hydroxylation sites is 4. The highest BCUT2D eigenvalue weighted by Gasteiger charge is 2.20. The number of nitrogens with zero attached hydrogens (tertiary/aromatic N) is 5. The highest BCUT2D eigenvalue weighted by molar-refractivity contribution is 6.16. The number of rotatable bonds is 4. The molecule has 0 aliphatic heterocycles. The monoisotopic (exact) mass is 699 g/mol. The van der Waals surface area contributed by atoms with E-state index >= 15 is 0 Å². The van der Waals surface area contributed by atoms with Crippen LogP contribution in [0.1, 0.15) is 5.56 Å². The van der Waals surface area contributed by atoms with Gasteiger partial charge in [0.1, 0.15) is 0 Å². The van der Waals surface area contributed by atoms with Crippen LogP contribution >= 0.6 is 0 Å². The van der Waals surface area contributed by atoms with Crippen LogP contribution in [0, 0.1) is 17.9 Å². The maximum atomic E-state index is 9.72. The van der Waals surface area contributed by atoms with Gasteiger partial charge in [-0.3, -0.25) is 0 Å². The molecule has 11 aromatic rings. The molecule has 0 saturated heterocycles. The normalized spacial score (nSPS) is 11.6. The first-order valence-corrected chi connectivity index (χ1v) is 18.3. The lowest BCUT2D eigenvalue weighted by Gasteiger charge is -2.14. The first kappa shape index (κ1) is 30.7. The van der Waals surface area contributed by atoms with Crippen molar-refractivity contribution in [3.05, 3.63) is 193 Å². The maximum absolute atomic E-state index is 9.72. The van der Waals surface area contributed by atoms with Crippen molar-refractivity contribution in [2.45, 2.75) is 0 Å². The van der Waals surface area contributed by atoms with Crippen LogP contribution in [0.3, 0.4) is 0 Å². The summed E-state index contributed by atoms with van der Waals surface area (Å²) in [7, 11) is 0. The number of aromatic nitrogens is 3. The third-order valence-electron chi connectivity index (χ3n) is 11.1. The van der Waals surface area contributed by atoms with E-state index in [4.69, 9.17) is 6.57 Å². The largest absolute Gasteiger partial charge is 0.319 e. The highest BCUT2D eigenvalue weighted by Crippen LogP contribution is 2.41. The van der Waals surface area contributed by atoms with E-state index in [1.165, 1.54) is 21.5 Å². The minimum absolute atomic E-state index is 0.613. The van der Waals surface area contributed by atoms with E-state index in [-0.39, 0.29) is 0 Å². The molecule has 0 fully saturated rings. The zero-order valence-corrected chi connectivity index (χ0v) is 29.5. The molecule has 3 aromatic heterocycles. The van der Waals surface area contributed by atoms with Gasteiger partial charge in [-0.2, -0.15) is 5.26 Å². The number of hydrogen-bond donors (Lipinski definition) is 0. The molecule has 0 N–H and O–H groups in total. The van der Waals surface area contributed by atoms with Crippen LogP contribution < -0.4 is 0 Å². The molecular weight excluding hydrogens is 671 g/mol. The quantitative estimate of drug-likeness (QED) is 0.169. The minimum atomic E-state index is 0.613. The van der Waals surface area contributed by atoms with Gasteiger partial charge in [-0.15, -0.1) is 0 Å². The molecule has 0 bridgehead atoms. The third-order valence-corrected chi connectivity index (χ3v) is 11.1. The number of fused-ring (bicyclic) bond motifs is 9. The molecule has 0 amide bonds. The fourth-order valence-electron chi connectivity index (χ4n) is 8.73. The van der Waals surface area contributed by atoms with Gasteiger partial charge in [-0.05, 0) is 83.9 Å². The van der Waals surface area contributed by atoms with Gasteiger partial charge in [0.25, 0.3) is 0 Å². The summed E-state index contributed by atoms with van der Waals surface area (Å²) >= 11 is 0. The van der Waals surface area contributed by atoms with Crippen molar-refractivity contribution in [2.75, 3.05) is 0 Å². The summed E-state index contributed by atoms with van der Waals surface area (Å²) in [6.45, 7) is 8.07. The van der Waals surface area contributed by atoms with E-state index in [9.17, 15) is 5.26 Å². The minimum Gasteiger partial charge on any atom is -0.319 e.